The van der Waals surface area contributed by atoms with E-state index in [4.69, 9.17) is 9.84 Å². The second-order valence-corrected chi connectivity index (χ2v) is 5.75. The van der Waals surface area contributed by atoms with Crippen molar-refractivity contribution in [1.29, 1.82) is 0 Å². The number of carboxylic acids is 1. The van der Waals surface area contributed by atoms with Gasteiger partial charge in [-0.25, -0.2) is 0 Å². The number of ether oxygens (including phenoxy) is 1. The van der Waals surface area contributed by atoms with E-state index in [-0.39, 0.29) is 30.4 Å². The summed E-state index contributed by atoms with van der Waals surface area (Å²) in [5, 5.41) is 11.6. The van der Waals surface area contributed by atoms with Gasteiger partial charge < -0.3 is 20.1 Å². The van der Waals surface area contributed by atoms with Gasteiger partial charge in [-0.15, -0.1) is 0 Å². The fourth-order valence-corrected chi connectivity index (χ4v) is 2.25. The molecular formula is C16H20N2O5. The van der Waals surface area contributed by atoms with Crippen molar-refractivity contribution in [2.24, 2.45) is 5.92 Å². The van der Waals surface area contributed by atoms with E-state index in [1.54, 1.807) is 38.4 Å². The number of hydrogen-bond donors (Lipinski definition) is 2. The van der Waals surface area contributed by atoms with Gasteiger partial charge in [-0.05, 0) is 25.0 Å². The number of para-hydroxylation sites is 1. The molecule has 0 heterocycles. The summed E-state index contributed by atoms with van der Waals surface area (Å²) in [6.07, 6.45) is 0.867. The number of amides is 2. The fraction of sp³-hybridized carbons (Fsp3) is 0.438. The van der Waals surface area contributed by atoms with E-state index < -0.39 is 5.97 Å². The Morgan fingerprint density at radius 1 is 1.26 bits per heavy atom. The average molecular weight is 320 g/mol. The molecule has 1 aliphatic carbocycles. The number of likely N-dealkylation sites (N-methyl/N-ethyl adjacent to an activating group) is 1. The zero-order chi connectivity index (χ0) is 17.0. The minimum absolute atomic E-state index is 0.139. The number of carbonyl (C=O) groups is 3. The molecule has 7 nitrogen and oxygen atoms in total. The van der Waals surface area contributed by atoms with Crippen LogP contribution in [0.25, 0.3) is 0 Å². The summed E-state index contributed by atoms with van der Waals surface area (Å²) in [5.41, 5.74) is 0.331. The first-order valence-corrected chi connectivity index (χ1v) is 7.34. The predicted octanol–water partition coefficient (Wildman–Crippen LogP) is 0.747. The molecular weight excluding hydrogens is 300 g/mol. The van der Waals surface area contributed by atoms with Gasteiger partial charge in [0.1, 0.15) is 5.75 Å². The van der Waals surface area contributed by atoms with Crippen LogP contribution in [0.4, 0.5) is 0 Å². The first kappa shape index (κ1) is 16.8. The number of carbonyl (C=O) groups excluding carboxylic acids is 2. The molecule has 7 heteroatoms. The normalized spacial score (nSPS) is 19.4. The number of hydrogen-bond acceptors (Lipinski definition) is 4. The minimum atomic E-state index is -0.832. The van der Waals surface area contributed by atoms with Crippen molar-refractivity contribution in [2.45, 2.75) is 18.9 Å². The Balaban J connectivity index is 1.95. The van der Waals surface area contributed by atoms with Crippen molar-refractivity contribution in [1.82, 2.24) is 10.2 Å². The Labute approximate surface area is 134 Å². The van der Waals surface area contributed by atoms with Crippen LogP contribution < -0.4 is 10.1 Å². The van der Waals surface area contributed by atoms with Gasteiger partial charge in [0.05, 0.1) is 11.5 Å². The summed E-state index contributed by atoms with van der Waals surface area (Å²) < 4.78 is 5.43. The van der Waals surface area contributed by atoms with Crippen molar-refractivity contribution < 1.29 is 24.2 Å². The highest BCUT2D eigenvalue weighted by molar-refractivity contribution is 5.97. The second kappa shape index (κ2) is 7.13. The highest BCUT2D eigenvalue weighted by Crippen LogP contribution is 2.28. The van der Waals surface area contributed by atoms with Gasteiger partial charge in [0.25, 0.3) is 11.8 Å². The topological polar surface area (TPSA) is 95.9 Å². The van der Waals surface area contributed by atoms with Gasteiger partial charge in [0.15, 0.2) is 6.61 Å². The number of benzene rings is 1. The van der Waals surface area contributed by atoms with E-state index in [0.29, 0.717) is 24.2 Å². The molecule has 124 valence electrons. The number of nitrogens with one attached hydrogen (secondary N) is 1. The molecule has 0 aromatic heterocycles. The molecule has 1 saturated carbocycles. The molecule has 1 aromatic rings. The highest BCUT2D eigenvalue weighted by Gasteiger charge is 2.35. The lowest BCUT2D eigenvalue weighted by molar-refractivity contribution is -0.145. The van der Waals surface area contributed by atoms with Gasteiger partial charge in [-0.2, -0.15) is 0 Å². The summed E-state index contributed by atoms with van der Waals surface area (Å²) in [5.74, 6) is -1.42. The van der Waals surface area contributed by atoms with Crippen LogP contribution in [0.1, 0.15) is 23.2 Å². The van der Waals surface area contributed by atoms with E-state index in [9.17, 15) is 14.4 Å². The maximum Gasteiger partial charge on any atom is 0.306 e. The summed E-state index contributed by atoms with van der Waals surface area (Å²) in [4.78, 5) is 36.0. The number of aliphatic carboxylic acids is 1. The number of rotatable bonds is 6. The van der Waals surface area contributed by atoms with E-state index >= 15 is 0 Å². The molecule has 1 fully saturated rings. The molecule has 0 atom stereocenters. The average Bonchev–Trinajstić information content (AvgIpc) is 2.47. The highest BCUT2D eigenvalue weighted by atomic mass is 16.5. The van der Waals surface area contributed by atoms with Crippen LogP contribution in [0.2, 0.25) is 0 Å². The van der Waals surface area contributed by atoms with Gasteiger partial charge in [-0.3, -0.25) is 14.4 Å². The third-order valence-electron chi connectivity index (χ3n) is 3.80. The molecule has 0 saturated heterocycles. The first-order valence-electron chi connectivity index (χ1n) is 7.34. The van der Waals surface area contributed by atoms with E-state index in [0.717, 1.165) is 0 Å². The second-order valence-electron chi connectivity index (χ2n) is 5.75. The Morgan fingerprint density at radius 2 is 1.91 bits per heavy atom. The van der Waals surface area contributed by atoms with Gasteiger partial charge in [0, 0.05) is 20.1 Å². The van der Waals surface area contributed by atoms with Crippen LogP contribution >= 0.6 is 0 Å². The third kappa shape index (κ3) is 4.21. The molecule has 0 bridgehead atoms. The number of nitrogens with zero attached hydrogens (tertiary/aromatic N) is 1. The van der Waals surface area contributed by atoms with Crippen molar-refractivity contribution in [3.05, 3.63) is 29.8 Å². The standard InChI is InChI=1S/C16H20N2O5/c1-18(2)14(19)9-23-13-6-4-3-5-12(13)15(20)17-11-7-10(8-11)16(21)22/h3-6,10-11H,7-9H2,1-2H3,(H,17,20)(H,21,22). The molecule has 2 amide bonds. The van der Waals surface area contributed by atoms with Crippen molar-refractivity contribution in [2.75, 3.05) is 20.7 Å². The van der Waals surface area contributed by atoms with Crippen LogP contribution in [-0.4, -0.2) is 54.5 Å². The zero-order valence-corrected chi connectivity index (χ0v) is 13.1. The Bertz CT molecular complexity index is 608. The molecule has 0 aliphatic heterocycles. The van der Waals surface area contributed by atoms with Crippen LogP contribution in [0, 0.1) is 5.92 Å². The predicted molar refractivity (Wildman–Crippen MR) is 82.2 cm³/mol. The van der Waals surface area contributed by atoms with Crippen LogP contribution in [-0.2, 0) is 9.59 Å². The van der Waals surface area contributed by atoms with Crippen LogP contribution in [0.15, 0.2) is 24.3 Å². The Morgan fingerprint density at radius 3 is 2.52 bits per heavy atom. The quantitative estimate of drug-likeness (QED) is 0.806. The summed E-state index contributed by atoms with van der Waals surface area (Å²) in [7, 11) is 3.25. The lowest BCUT2D eigenvalue weighted by Gasteiger charge is -2.32. The van der Waals surface area contributed by atoms with Crippen LogP contribution in [0.5, 0.6) is 5.75 Å². The SMILES string of the molecule is CN(C)C(=O)COc1ccccc1C(=O)NC1CC(C(=O)O)C1. The number of carboxylic acid groups (broad SMARTS) is 1. The molecule has 1 aliphatic rings. The molecule has 23 heavy (non-hydrogen) atoms. The lowest BCUT2D eigenvalue weighted by atomic mass is 9.80. The van der Waals surface area contributed by atoms with Crippen molar-refractivity contribution >= 4 is 17.8 Å². The Hall–Kier alpha value is -2.57. The fourth-order valence-electron chi connectivity index (χ4n) is 2.25. The maximum absolute atomic E-state index is 12.3. The van der Waals surface area contributed by atoms with E-state index in [1.165, 1.54) is 4.90 Å². The molecule has 2 rings (SSSR count). The Kier molecular flexibility index (Phi) is 5.20. The molecule has 2 N–H and O–H groups in total. The van der Waals surface area contributed by atoms with E-state index in [2.05, 4.69) is 5.32 Å². The smallest absolute Gasteiger partial charge is 0.306 e. The van der Waals surface area contributed by atoms with Crippen LogP contribution in [0.3, 0.4) is 0 Å². The van der Waals surface area contributed by atoms with E-state index in [1.807, 2.05) is 0 Å². The largest absolute Gasteiger partial charge is 0.483 e. The molecule has 0 radical (unpaired) electrons. The third-order valence-corrected chi connectivity index (χ3v) is 3.80. The molecule has 1 aromatic carbocycles. The monoisotopic (exact) mass is 320 g/mol. The minimum Gasteiger partial charge on any atom is -0.483 e. The summed E-state index contributed by atoms with van der Waals surface area (Å²) in [6, 6.07) is 6.52. The van der Waals surface area contributed by atoms with Gasteiger partial charge >= 0.3 is 5.97 Å². The summed E-state index contributed by atoms with van der Waals surface area (Å²) >= 11 is 0. The molecule has 0 spiro atoms. The first-order chi connectivity index (χ1) is 10.9. The van der Waals surface area contributed by atoms with Crippen molar-refractivity contribution in [3.8, 4) is 5.75 Å². The van der Waals surface area contributed by atoms with Gasteiger partial charge in [0.2, 0.25) is 0 Å². The van der Waals surface area contributed by atoms with Crippen molar-refractivity contribution in [3.63, 3.8) is 0 Å². The maximum atomic E-state index is 12.3. The summed E-state index contributed by atoms with van der Waals surface area (Å²) in [6.45, 7) is -0.151. The zero-order valence-electron chi connectivity index (χ0n) is 13.1. The lowest BCUT2D eigenvalue weighted by Crippen LogP contribution is -2.46. The molecule has 0 unspecified atom stereocenters. The van der Waals surface area contributed by atoms with Gasteiger partial charge in [-0.1, -0.05) is 12.1 Å².